The number of amides is 1. The summed E-state index contributed by atoms with van der Waals surface area (Å²) in [6.45, 7) is 0.265. The number of halogens is 2. The number of benzene rings is 3. The first-order valence-corrected chi connectivity index (χ1v) is 12.0. The topological polar surface area (TPSA) is 96.9 Å². The van der Waals surface area contributed by atoms with E-state index < -0.39 is 18.1 Å². The Bertz CT molecular complexity index is 1220. The molecule has 2 unspecified atom stereocenters. The number of rotatable bonds is 8. The normalized spacial score (nSPS) is 15.0. The molecule has 0 saturated heterocycles. The Morgan fingerprint density at radius 2 is 1.86 bits per heavy atom. The molecule has 1 heterocycles. The fourth-order valence-corrected chi connectivity index (χ4v) is 4.25. The van der Waals surface area contributed by atoms with Gasteiger partial charge in [0.15, 0.2) is 0 Å². The molecule has 10 heteroatoms. The number of fused-ring (bicyclic) bond motifs is 1. The van der Waals surface area contributed by atoms with Crippen LogP contribution in [-0.4, -0.2) is 31.8 Å². The summed E-state index contributed by atoms with van der Waals surface area (Å²) in [6, 6.07) is 17.4. The zero-order valence-electron chi connectivity index (χ0n) is 19.8. The molecule has 0 fully saturated rings. The van der Waals surface area contributed by atoms with Crippen molar-refractivity contribution in [1.29, 1.82) is 0 Å². The van der Waals surface area contributed by atoms with E-state index in [2.05, 4.69) is 21.2 Å². The molecule has 0 radical (unpaired) electrons. The quantitative estimate of drug-likeness (QED) is 0.319. The van der Waals surface area contributed by atoms with Gasteiger partial charge < -0.3 is 29.4 Å². The molecule has 0 bridgehead atoms. The SMILES string of the molecule is COC(Cc1ccc(Br)cc1)NC(=O)c1ccc(Oc2cc3c(cc2Cl)C(C(=O)[O-])CCO3)cc1.[Na+]. The molecule has 3 aromatic rings. The van der Waals surface area contributed by atoms with Gasteiger partial charge in [-0.05, 0) is 54.4 Å². The number of carboxylic acids is 1. The molecule has 7 nitrogen and oxygen atoms in total. The second kappa shape index (κ2) is 12.9. The second-order valence-corrected chi connectivity index (χ2v) is 9.31. The van der Waals surface area contributed by atoms with Crippen molar-refractivity contribution in [2.75, 3.05) is 13.7 Å². The number of carboxylic acid groups (broad SMARTS) is 1. The number of ether oxygens (including phenoxy) is 3. The average molecular weight is 583 g/mol. The molecule has 182 valence electrons. The van der Waals surface area contributed by atoms with Gasteiger partial charge in [-0.25, -0.2) is 0 Å². The fourth-order valence-electron chi connectivity index (χ4n) is 3.77. The van der Waals surface area contributed by atoms with Crippen molar-refractivity contribution < 1.29 is 58.5 Å². The van der Waals surface area contributed by atoms with Gasteiger partial charge in [0.1, 0.15) is 23.5 Å². The van der Waals surface area contributed by atoms with Gasteiger partial charge >= 0.3 is 29.6 Å². The van der Waals surface area contributed by atoms with Crippen LogP contribution in [-0.2, 0) is 16.0 Å². The van der Waals surface area contributed by atoms with Crippen molar-refractivity contribution in [3.05, 3.63) is 86.8 Å². The van der Waals surface area contributed by atoms with E-state index in [1.165, 1.54) is 6.07 Å². The first kappa shape index (κ1) is 28.5. The fraction of sp³-hybridized carbons (Fsp3) is 0.231. The largest absolute Gasteiger partial charge is 1.00 e. The number of aliphatic carboxylic acids is 1. The van der Waals surface area contributed by atoms with Crippen molar-refractivity contribution in [2.45, 2.75) is 25.0 Å². The smallest absolute Gasteiger partial charge is 0.549 e. The van der Waals surface area contributed by atoms with Gasteiger partial charge in [0, 0.05) is 47.1 Å². The first-order valence-electron chi connectivity index (χ1n) is 10.9. The van der Waals surface area contributed by atoms with E-state index in [-0.39, 0.29) is 47.1 Å². The predicted molar refractivity (Wildman–Crippen MR) is 132 cm³/mol. The van der Waals surface area contributed by atoms with Crippen LogP contribution in [0.5, 0.6) is 17.2 Å². The molecular formula is C26H22BrClNNaO6. The number of carbonyl (C=O) groups excluding carboxylic acids is 2. The van der Waals surface area contributed by atoms with E-state index in [1.54, 1.807) is 37.4 Å². The Morgan fingerprint density at radius 3 is 2.50 bits per heavy atom. The second-order valence-electron chi connectivity index (χ2n) is 7.98. The molecule has 4 rings (SSSR count). The molecule has 0 aromatic heterocycles. The molecule has 0 saturated carbocycles. The third kappa shape index (κ3) is 7.03. The summed E-state index contributed by atoms with van der Waals surface area (Å²) in [6.07, 6.45) is 0.357. The van der Waals surface area contributed by atoms with Crippen LogP contribution >= 0.6 is 27.5 Å². The summed E-state index contributed by atoms with van der Waals surface area (Å²) in [4.78, 5) is 24.1. The first-order chi connectivity index (χ1) is 16.8. The van der Waals surface area contributed by atoms with Gasteiger partial charge in [-0.2, -0.15) is 0 Å². The Labute approximate surface area is 244 Å². The third-order valence-electron chi connectivity index (χ3n) is 5.64. The molecule has 1 aliphatic heterocycles. The van der Waals surface area contributed by atoms with E-state index in [0.717, 1.165) is 10.0 Å². The van der Waals surface area contributed by atoms with Gasteiger partial charge in [0.2, 0.25) is 0 Å². The molecule has 1 aliphatic rings. The van der Waals surface area contributed by atoms with Gasteiger partial charge in [0.25, 0.3) is 5.91 Å². The van der Waals surface area contributed by atoms with Crippen molar-refractivity contribution in [3.8, 4) is 17.2 Å². The molecule has 36 heavy (non-hydrogen) atoms. The van der Waals surface area contributed by atoms with E-state index in [0.29, 0.717) is 41.2 Å². The van der Waals surface area contributed by atoms with Crippen LogP contribution in [0.2, 0.25) is 5.02 Å². The number of nitrogens with one attached hydrogen (secondary N) is 1. The standard InChI is InChI=1S/C26H23BrClNO6.Na/c1-33-24(12-15-2-6-17(27)7-3-15)29-25(30)16-4-8-18(9-5-16)35-23-14-22-20(13-21(23)28)19(26(31)32)10-11-34-22;/h2-9,13-14,19,24H,10-12H2,1H3,(H,29,30)(H,31,32);/q;+1/p-1. The van der Waals surface area contributed by atoms with Crippen molar-refractivity contribution in [2.24, 2.45) is 0 Å². The van der Waals surface area contributed by atoms with Crippen LogP contribution < -0.4 is 49.5 Å². The number of methoxy groups -OCH3 is 1. The van der Waals surface area contributed by atoms with Crippen molar-refractivity contribution in [1.82, 2.24) is 5.32 Å². The van der Waals surface area contributed by atoms with Gasteiger partial charge in [0.05, 0.1) is 11.6 Å². The Kier molecular flexibility index (Phi) is 10.2. The minimum absolute atomic E-state index is 0. The summed E-state index contributed by atoms with van der Waals surface area (Å²) in [7, 11) is 1.54. The summed E-state index contributed by atoms with van der Waals surface area (Å²) in [5, 5.41) is 14.5. The van der Waals surface area contributed by atoms with Crippen LogP contribution in [0.4, 0.5) is 0 Å². The third-order valence-corrected chi connectivity index (χ3v) is 6.47. The zero-order valence-corrected chi connectivity index (χ0v) is 24.1. The summed E-state index contributed by atoms with van der Waals surface area (Å²) < 4.78 is 17.9. The summed E-state index contributed by atoms with van der Waals surface area (Å²) in [5.74, 6) is -1.06. The van der Waals surface area contributed by atoms with Crippen LogP contribution in [0.15, 0.2) is 65.1 Å². The number of hydrogen-bond donors (Lipinski definition) is 1. The monoisotopic (exact) mass is 581 g/mol. The maximum Gasteiger partial charge on any atom is 1.00 e. The molecule has 2 atom stereocenters. The minimum Gasteiger partial charge on any atom is -0.549 e. The van der Waals surface area contributed by atoms with Crippen LogP contribution in [0.25, 0.3) is 0 Å². The Balaban J connectivity index is 0.00000361. The van der Waals surface area contributed by atoms with E-state index in [4.69, 9.17) is 25.8 Å². The number of carbonyl (C=O) groups is 2. The van der Waals surface area contributed by atoms with Crippen LogP contribution in [0.3, 0.4) is 0 Å². The Hall–Kier alpha value is -2.07. The average Bonchev–Trinajstić information content (AvgIpc) is 2.85. The van der Waals surface area contributed by atoms with E-state index in [9.17, 15) is 14.7 Å². The zero-order chi connectivity index (χ0) is 24.9. The van der Waals surface area contributed by atoms with Gasteiger partial charge in [-0.1, -0.05) is 39.7 Å². The Morgan fingerprint density at radius 1 is 1.17 bits per heavy atom. The van der Waals surface area contributed by atoms with Gasteiger partial charge in [-0.3, -0.25) is 4.79 Å². The molecule has 1 amide bonds. The maximum absolute atomic E-state index is 12.7. The van der Waals surface area contributed by atoms with Crippen molar-refractivity contribution in [3.63, 3.8) is 0 Å². The number of hydrogen-bond acceptors (Lipinski definition) is 6. The molecule has 0 aliphatic carbocycles. The maximum atomic E-state index is 12.7. The summed E-state index contributed by atoms with van der Waals surface area (Å²) in [5.41, 5.74) is 1.93. The minimum atomic E-state index is -1.17. The van der Waals surface area contributed by atoms with Crippen LogP contribution in [0.1, 0.15) is 33.8 Å². The molecular weight excluding hydrogens is 561 g/mol. The van der Waals surface area contributed by atoms with Gasteiger partial charge in [-0.15, -0.1) is 0 Å². The molecule has 3 aromatic carbocycles. The van der Waals surface area contributed by atoms with Crippen LogP contribution in [0, 0.1) is 0 Å². The molecule has 0 spiro atoms. The van der Waals surface area contributed by atoms with Crippen molar-refractivity contribution >= 4 is 39.4 Å². The predicted octanol–water partition coefficient (Wildman–Crippen LogP) is 1.46. The summed E-state index contributed by atoms with van der Waals surface area (Å²) >= 11 is 9.74. The molecule has 1 N–H and O–H groups in total. The van der Waals surface area contributed by atoms with E-state index >= 15 is 0 Å². The van der Waals surface area contributed by atoms with E-state index in [1.807, 2.05) is 24.3 Å².